The first kappa shape index (κ1) is 48.4. The maximum atomic E-state index is 11.4. The van der Waals surface area contributed by atoms with Crippen LogP contribution in [0, 0.1) is 0 Å². The van der Waals surface area contributed by atoms with Crippen LogP contribution in [0.4, 0.5) is 0 Å². The highest BCUT2D eigenvalue weighted by atomic mass is 16.4. The third-order valence-electron chi connectivity index (χ3n) is 11.2. The van der Waals surface area contributed by atoms with Crippen LogP contribution in [0.2, 0.25) is 0 Å². The molecule has 0 aromatic heterocycles. The highest BCUT2D eigenvalue weighted by Crippen LogP contribution is 2.17. The van der Waals surface area contributed by atoms with Crippen LogP contribution in [0.25, 0.3) is 0 Å². The number of carboxylic acids is 1. The fourth-order valence-electron chi connectivity index (χ4n) is 7.72. The minimum Gasteiger partial charge on any atom is -0.481 e. The molecule has 0 aromatic rings. The van der Waals surface area contributed by atoms with Crippen LogP contribution in [0.3, 0.4) is 0 Å². The van der Waals surface area contributed by atoms with Gasteiger partial charge in [0.1, 0.15) is 0 Å². The molecule has 294 valence electrons. The van der Waals surface area contributed by atoms with Crippen molar-refractivity contribution in [2.75, 3.05) is 13.1 Å². The van der Waals surface area contributed by atoms with Gasteiger partial charge < -0.3 is 10.0 Å². The molecule has 0 aliphatic heterocycles. The Morgan fingerprint density at radius 2 is 0.551 bits per heavy atom. The highest BCUT2D eigenvalue weighted by Gasteiger charge is 2.16. The van der Waals surface area contributed by atoms with Crippen molar-refractivity contribution in [2.45, 2.75) is 277 Å². The van der Waals surface area contributed by atoms with Gasteiger partial charge in [0.05, 0.1) is 6.42 Å². The summed E-state index contributed by atoms with van der Waals surface area (Å²) in [6.07, 6.45) is 53.9. The standard InChI is InChI=1S/C46H93NO2/c1-4-6-8-10-12-14-16-18-20-22-24-26-28-30-32-34-36-38-40-42-47(45(3)44-46(48)49)43-41-39-37-35-33-31-29-27-25-23-21-19-17-15-13-11-9-7-5-2/h45H,4-44H2,1-3H3,(H,48,49). The van der Waals surface area contributed by atoms with Gasteiger partial charge in [-0.25, -0.2) is 0 Å². The Hall–Kier alpha value is -0.570. The van der Waals surface area contributed by atoms with Crippen molar-refractivity contribution in [3.63, 3.8) is 0 Å². The number of hydrogen-bond donors (Lipinski definition) is 1. The van der Waals surface area contributed by atoms with Crippen molar-refractivity contribution in [3.8, 4) is 0 Å². The van der Waals surface area contributed by atoms with Gasteiger partial charge in [-0.05, 0) is 32.9 Å². The molecule has 0 saturated carbocycles. The first-order chi connectivity index (χ1) is 24.1. The number of carbonyl (C=O) groups is 1. The van der Waals surface area contributed by atoms with Gasteiger partial charge in [-0.15, -0.1) is 0 Å². The van der Waals surface area contributed by atoms with E-state index >= 15 is 0 Å². The van der Waals surface area contributed by atoms with Gasteiger partial charge in [-0.2, -0.15) is 0 Å². The van der Waals surface area contributed by atoms with Gasteiger partial charge in [0.15, 0.2) is 0 Å². The zero-order valence-corrected chi connectivity index (χ0v) is 34.4. The second-order valence-electron chi connectivity index (χ2n) is 16.2. The van der Waals surface area contributed by atoms with E-state index in [-0.39, 0.29) is 12.5 Å². The van der Waals surface area contributed by atoms with Crippen LogP contribution in [0.15, 0.2) is 0 Å². The Labute approximate surface area is 310 Å². The Bertz CT molecular complexity index is 580. The number of carboxylic acid groups (broad SMARTS) is 1. The molecule has 0 aliphatic rings. The zero-order valence-electron chi connectivity index (χ0n) is 34.4. The molecular weight excluding hydrogens is 599 g/mol. The molecule has 3 heteroatoms. The predicted molar refractivity (Wildman–Crippen MR) is 220 cm³/mol. The molecule has 0 amide bonds. The Balaban J connectivity index is 3.62. The Morgan fingerprint density at radius 1 is 0.367 bits per heavy atom. The van der Waals surface area contributed by atoms with Crippen LogP contribution < -0.4 is 0 Å². The van der Waals surface area contributed by atoms with Crippen molar-refractivity contribution in [1.29, 1.82) is 0 Å². The molecule has 0 saturated heterocycles. The number of rotatable bonds is 43. The van der Waals surface area contributed by atoms with E-state index in [0.717, 1.165) is 13.1 Å². The minimum atomic E-state index is -0.654. The van der Waals surface area contributed by atoms with E-state index in [2.05, 4.69) is 25.7 Å². The molecule has 0 fully saturated rings. The van der Waals surface area contributed by atoms with E-state index in [1.54, 1.807) is 0 Å². The first-order valence-electron chi connectivity index (χ1n) is 23.1. The molecule has 1 N–H and O–H groups in total. The summed E-state index contributed by atoms with van der Waals surface area (Å²) in [4.78, 5) is 13.9. The molecule has 0 rings (SSSR count). The van der Waals surface area contributed by atoms with E-state index in [1.807, 2.05) is 0 Å². The molecule has 49 heavy (non-hydrogen) atoms. The first-order valence-corrected chi connectivity index (χ1v) is 23.1. The maximum absolute atomic E-state index is 11.4. The minimum absolute atomic E-state index is 0.156. The van der Waals surface area contributed by atoms with E-state index in [9.17, 15) is 9.90 Å². The largest absolute Gasteiger partial charge is 0.481 e. The lowest BCUT2D eigenvalue weighted by Crippen LogP contribution is -2.36. The zero-order chi connectivity index (χ0) is 35.7. The summed E-state index contributed by atoms with van der Waals surface area (Å²) in [6.45, 7) is 8.87. The molecule has 0 aromatic carbocycles. The molecule has 1 unspecified atom stereocenters. The smallest absolute Gasteiger partial charge is 0.304 e. The molecule has 0 radical (unpaired) electrons. The van der Waals surface area contributed by atoms with Crippen molar-refractivity contribution in [2.24, 2.45) is 0 Å². The normalized spacial score (nSPS) is 12.3. The van der Waals surface area contributed by atoms with Gasteiger partial charge in [-0.3, -0.25) is 4.79 Å². The van der Waals surface area contributed by atoms with Crippen molar-refractivity contribution >= 4 is 5.97 Å². The monoisotopic (exact) mass is 692 g/mol. The Kier molecular flexibility index (Phi) is 41.4. The van der Waals surface area contributed by atoms with E-state index < -0.39 is 5.97 Å². The number of nitrogens with zero attached hydrogens (tertiary/aromatic N) is 1. The predicted octanol–water partition coefficient (Wildman–Crippen LogP) is 16.0. The van der Waals surface area contributed by atoms with Crippen LogP contribution in [-0.4, -0.2) is 35.1 Å². The lowest BCUT2D eigenvalue weighted by molar-refractivity contribution is -0.138. The van der Waals surface area contributed by atoms with Crippen molar-refractivity contribution < 1.29 is 9.90 Å². The second-order valence-corrected chi connectivity index (χ2v) is 16.2. The van der Waals surface area contributed by atoms with Crippen molar-refractivity contribution in [1.82, 2.24) is 4.90 Å². The summed E-state index contributed by atoms with van der Waals surface area (Å²) in [7, 11) is 0. The topological polar surface area (TPSA) is 40.5 Å². The average Bonchev–Trinajstić information content (AvgIpc) is 3.09. The Morgan fingerprint density at radius 3 is 0.735 bits per heavy atom. The molecule has 0 aliphatic carbocycles. The second kappa shape index (κ2) is 41.8. The summed E-state index contributed by atoms with van der Waals surface area (Å²) in [5, 5.41) is 9.37. The molecule has 0 bridgehead atoms. The lowest BCUT2D eigenvalue weighted by atomic mass is 10.0. The third kappa shape index (κ3) is 40.1. The van der Waals surface area contributed by atoms with Crippen LogP contribution >= 0.6 is 0 Å². The van der Waals surface area contributed by atoms with Gasteiger partial charge in [0, 0.05) is 6.04 Å². The quantitative estimate of drug-likeness (QED) is 0.0647. The fraction of sp³-hybridized carbons (Fsp3) is 0.978. The van der Waals surface area contributed by atoms with E-state index in [4.69, 9.17) is 0 Å². The van der Waals surface area contributed by atoms with Gasteiger partial charge in [0.2, 0.25) is 0 Å². The summed E-state index contributed by atoms with van der Waals surface area (Å²) >= 11 is 0. The van der Waals surface area contributed by atoms with E-state index in [1.165, 1.54) is 244 Å². The number of unbranched alkanes of at least 4 members (excludes halogenated alkanes) is 36. The summed E-state index contributed by atoms with van der Waals surface area (Å²) in [6, 6.07) is 0.156. The number of aliphatic carboxylic acids is 1. The number of hydrogen-bond acceptors (Lipinski definition) is 2. The highest BCUT2D eigenvalue weighted by molar-refractivity contribution is 5.67. The maximum Gasteiger partial charge on any atom is 0.304 e. The summed E-state index contributed by atoms with van der Waals surface area (Å²) < 4.78 is 0. The van der Waals surface area contributed by atoms with Gasteiger partial charge in [-0.1, -0.05) is 245 Å². The molecule has 1 atom stereocenters. The van der Waals surface area contributed by atoms with Crippen molar-refractivity contribution in [3.05, 3.63) is 0 Å². The summed E-state index contributed by atoms with van der Waals surface area (Å²) in [5.41, 5.74) is 0. The lowest BCUT2D eigenvalue weighted by Gasteiger charge is -2.28. The van der Waals surface area contributed by atoms with Crippen LogP contribution in [0.5, 0.6) is 0 Å². The molecule has 0 heterocycles. The fourth-order valence-corrected chi connectivity index (χ4v) is 7.72. The van der Waals surface area contributed by atoms with Crippen LogP contribution in [0.1, 0.15) is 271 Å². The van der Waals surface area contributed by atoms with Gasteiger partial charge in [0.25, 0.3) is 0 Å². The molecule has 3 nitrogen and oxygen atoms in total. The molecular formula is C46H93NO2. The van der Waals surface area contributed by atoms with Gasteiger partial charge >= 0.3 is 5.97 Å². The van der Waals surface area contributed by atoms with Crippen LogP contribution in [-0.2, 0) is 4.79 Å². The summed E-state index contributed by atoms with van der Waals surface area (Å²) in [5.74, 6) is -0.654. The SMILES string of the molecule is CCCCCCCCCCCCCCCCCCCCCN(CCCCCCCCCCCCCCCCCCCCC)C(C)CC(=O)O. The third-order valence-corrected chi connectivity index (χ3v) is 11.2. The van der Waals surface area contributed by atoms with E-state index in [0.29, 0.717) is 0 Å². The molecule has 0 spiro atoms. The average molecular weight is 692 g/mol.